The molecule has 1 aliphatic carbocycles. The minimum atomic E-state index is -0.328. The van der Waals surface area contributed by atoms with E-state index in [1.807, 2.05) is 51.1 Å². The van der Waals surface area contributed by atoms with E-state index in [-0.39, 0.29) is 22.8 Å². The van der Waals surface area contributed by atoms with E-state index in [0.29, 0.717) is 23.7 Å². The molecule has 1 amide bonds. The summed E-state index contributed by atoms with van der Waals surface area (Å²) < 4.78 is 2.08. The number of Topliss-reactive ketones (excluding diaryl/α,β-unsaturated/α-hetero) is 1. The highest BCUT2D eigenvalue weighted by atomic mass is 16.2. The molecule has 5 rings (SSSR count). The molecule has 8 nitrogen and oxygen atoms in total. The van der Waals surface area contributed by atoms with Gasteiger partial charge in [0.15, 0.2) is 11.6 Å². The highest BCUT2D eigenvalue weighted by Gasteiger charge is 2.26. The van der Waals surface area contributed by atoms with Gasteiger partial charge >= 0.3 is 0 Å². The van der Waals surface area contributed by atoms with Crippen LogP contribution in [0.15, 0.2) is 67.4 Å². The zero-order chi connectivity index (χ0) is 25.3. The molecule has 0 atom stereocenters. The van der Waals surface area contributed by atoms with Crippen molar-refractivity contribution in [1.29, 1.82) is 0 Å². The maximum atomic E-state index is 13.0. The molecule has 4 aromatic rings. The second-order valence-electron chi connectivity index (χ2n) is 10.4. The largest absolute Gasteiger partial charge is 0.321 e. The minimum absolute atomic E-state index is 0.0428. The highest BCUT2D eigenvalue weighted by Crippen LogP contribution is 2.37. The van der Waals surface area contributed by atoms with Crippen LogP contribution >= 0.6 is 0 Å². The Morgan fingerprint density at radius 2 is 1.86 bits per heavy atom. The Kier molecular flexibility index (Phi) is 6.18. The summed E-state index contributed by atoms with van der Waals surface area (Å²) in [6.07, 6.45) is 9.31. The van der Waals surface area contributed by atoms with Crippen molar-refractivity contribution in [2.24, 2.45) is 5.41 Å². The van der Waals surface area contributed by atoms with Gasteiger partial charge in [-0.1, -0.05) is 32.9 Å². The topological polar surface area (TPSA) is 103 Å². The van der Waals surface area contributed by atoms with E-state index in [0.717, 1.165) is 35.4 Å². The average molecular weight is 481 g/mol. The van der Waals surface area contributed by atoms with Gasteiger partial charge in [-0.05, 0) is 54.2 Å². The number of benzene rings is 1. The van der Waals surface area contributed by atoms with Gasteiger partial charge in [-0.15, -0.1) is 10.2 Å². The standard InChI is InChI=1S/C28H28N6O2/c1-28(2,3)14-25(35)21-11-20(15-29-16-21)18-9-10-30-24(13-18)27(36)32-22-6-4-5-19(12-22)26-33-31-17-34(26)23-7-8-23/h4-6,9-13,15-17,23H,7-8,14H2,1-3H3,(H,32,36). The van der Waals surface area contributed by atoms with Crippen LogP contribution in [-0.4, -0.2) is 36.4 Å². The lowest BCUT2D eigenvalue weighted by atomic mass is 9.88. The first kappa shape index (κ1) is 23.5. The molecule has 36 heavy (non-hydrogen) atoms. The average Bonchev–Trinajstić information content (AvgIpc) is 3.59. The number of hydrogen-bond acceptors (Lipinski definition) is 6. The van der Waals surface area contributed by atoms with E-state index < -0.39 is 0 Å². The maximum absolute atomic E-state index is 13.0. The predicted octanol–water partition coefficient (Wildman–Crippen LogP) is 5.61. The zero-order valence-electron chi connectivity index (χ0n) is 20.6. The number of anilines is 1. The fourth-order valence-electron chi connectivity index (χ4n) is 4.07. The number of rotatable bonds is 7. The lowest BCUT2D eigenvalue weighted by molar-refractivity contribution is 0.0938. The molecule has 0 aliphatic heterocycles. The van der Waals surface area contributed by atoms with Crippen molar-refractivity contribution < 1.29 is 9.59 Å². The summed E-state index contributed by atoms with van der Waals surface area (Å²) in [6.45, 7) is 6.09. The summed E-state index contributed by atoms with van der Waals surface area (Å²) in [4.78, 5) is 34.2. The van der Waals surface area contributed by atoms with Gasteiger partial charge in [0.2, 0.25) is 0 Å². The normalized spacial score (nSPS) is 13.4. The molecule has 0 unspecified atom stereocenters. The van der Waals surface area contributed by atoms with Crippen molar-refractivity contribution in [2.75, 3.05) is 5.32 Å². The Morgan fingerprint density at radius 1 is 1.03 bits per heavy atom. The van der Waals surface area contributed by atoms with Crippen molar-refractivity contribution in [2.45, 2.75) is 46.1 Å². The number of amides is 1. The van der Waals surface area contributed by atoms with Crippen LogP contribution in [0.25, 0.3) is 22.5 Å². The third-order valence-corrected chi connectivity index (χ3v) is 5.97. The molecule has 1 aliphatic rings. The molecule has 0 spiro atoms. The second kappa shape index (κ2) is 9.45. The summed E-state index contributed by atoms with van der Waals surface area (Å²) in [5.41, 5.74) is 3.77. The van der Waals surface area contributed by atoms with Gasteiger partial charge in [0.05, 0.1) is 0 Å². The molecule has 8 heteroatoms. The molecule has 3 aromatic heterocycles. The van der Waals surface area contributed by atoms with Crippen molar-refractivity contribution in [3.63, 3.8) is 0 Å². The van der Waals surface area contributed by atoms with Gasteiger partial charge < -0.3 is 9.88 Å². The third kappa shape index (κ3) is 5.38. The smallest absolute Gasteiger partial charge is 0.274 e. The van der Waals surface area contributed by atoms with Crippen molar-refractivity contribution in [3.8, 4) is 22.5 Å². The number of nitrogens with one attached hydrogen (secondary N) is 1. The van der Waals surface area contributed by atoms with Gasteiger partial charge in [-0.3, -0.25) is 19.6 Å². The first-order valence-corrected chi connectivity index (χ1v) is 12.0. The summed E-state index contributed by atoms with van der Waals surface area (Å²) in [6, 6.07) is 13.3. The summed E-state index contributed by atoms with van der Waals surface area (Å²) >= 11 is 0. The van der Waals surface area contributed by atoms with E-state index in [9.17, 15) is 9.59 Å². The van der Waals surface area contributed by atoms with Gasteiger partial charge in [0.1, 0.15) is 12.0 Å². The Balaban J connectivity index is 1.34. The molecule has 3 heterocycles. The quantitative estimate of drug-likeness (QED) is 0.345. The number of carbonyl (C=O) groups excluding carboxylic acids is 2. The molecule has 0 saturated heterocycles. The number of pyridine rings is 2. The Hall–Kier alpha value is -4.20. The summed E-state index contributed by atoms with van der Waals surface area (Å²) in [5.74, 6) is 0.508. The number of ketones is 1. The molecule has 182 valence electrons. The number of hydrogen-bond donors (Lipinski definition) is 1. The van der Waals surface area contributed by atoms with Crippen LogP contribution in [0.5, 0.6) is 0 Å². The van der Waals surface area contributed by atoms with Crippen LogP contribution in [0.2, 0.25) is 0 Å². The maximum Gasteiger partial charge on any atom is 0.274 e. The Labute approximate surface area is 209 Å². The third-order valence-electron chi connectivity index (χ3n) is 5.97. The lowest BCUT2D eigenvalue weighted by Crippen LogP contribution is -2.14. The minimum Gasteiger partial charge on any atom is -0.321 e. The van der Waals surface area contributed by atoms with Crippen molar-refractivity contribution in [3.05, 3.63) is 78.6 Å². The van der Waals surface area contributed by atoms with Crippen LogP contribution in [-0.2, 0) is 0 Å². The van der Waals surface area contributed by atoms with Gasteiger partial charge in [-0.25, -0.2) is 0 Å². The fourth-order valence-corrected chi connectivity index (χ4v) is 4.07. The number of aromatic nitrogens is 5. The van der Waals surface area contributed by atoms with Gasteiger partial charge in [0.25, 0.3) is 5.91 Å². The van der Waals surface area contributed by atoms with E-state index in [1.165, 1.54) is 0 Å². The van der Waals surface area contributed by atoms with Crippen LogP contribution < -0.4 is 5.32 Å². The lowest BCUT2D eigenvalue weighted by Gasteiger charge is -2.16. The Morgan fingerprint density at radius 3 is 2.64 bits per heavy atom. The van der Waals surface area contributed by atoms with E-state index in [4.69, 9.17) is 0 Å². The van der Waals surface area contributed by atoms with Crippen LogP contribution in [0.3, 0.4) is 0 Å². The molecule has 1 aromatic carbocycles. The van der Waals surface area contributed by atoms with E-state index >= 15 is 0 Å². The molecular formula is C28H28N6O2. The van der Waals surface area contributed by atoms with E-state index in [1.54, 1.807) is 37.1 Å². The van der Waals surface area contributed by atoms with Crippen LogP contribution in [0.4, 0.5) is 5.69 Å². The molecule has 1 N–H and O–H groups in total. The van der Waals surface area contributed by atoms with Crippen molar-refractivity contribution in [1.82, 2.24) is 24.7 Å². The monoisotopic (exact) mass is 480 g/mol. The summed E-state index contributed by atoms with van der Waals surface area (Å²) in [7, 11) is 0. The van der Waals surface area contributed by atoms with E-state index in [2.05, 4.69) is 30.0 Å². The Bertz CT molecular complexity index is 1430. The number of carbonyl (C=O) groups is 2. The molecular weight excluding hydrogens is 452 g/mol. The molecule has 0 radical (unpaired) electrons. The van der Waals surface area contributed by atoms with Gasteiger partial charge in [-0.2, -0.15) is 0 Å². The highest BCUT2D eigenvalue weighted by molar-refractivity contribution is 6.04. The zero-order valence-corrected chi connectivity index (χ0v) is 20.6. The second-order valence-corrected chi connectivity index (χ2v) is 10.4. The first-order chi connectivity index (χ1) is 17.3. The summed E-state index contributed by atoms with van der Waals surface area (Å²) in [5, 5.41) is 11.3. The van der Waals surface area contributed by atoms with Crippen LogP contribution in [0.1, 0.15) is 66.9 Å². The molecule has 1 fully saturated rings. The van der Waals surface area contributed by atoms with Gasteiger partial charge in [0, 0.05) is 53.4 Å². The first-order valence-electron chi connectivity index (χ1n) is 12.0. The predicted molar refractivity (Wildman–Crippen MR) is 138 cm³/mol. The number of nitrogens with zero attached hydrogens (tertiary/aromatic N) is 5. The van der Waals surface area contributed by atoms with Crippen molar-refractivity contribution >= 4 is 17.4 Å². The fraction of sp³-hybridized carbons (Fsp3) is 0.286. The molecule has 1 saturated carbocycles. The molecule has 0 bridgehead atoms. The SMILES string of the molecule is CC(C)(C)CC(=O)c1cncc(-c2ccnc(C(=O)Nc3cccc(-c4nncn4C4CC4)c3)c2)c1. The van der Waals surface area contributed by atoms with Crippen LogP contribution in [0, 0.1) is 5.41 Å².